The standard InChI is InChI=1S/C10H12N6/c1-6-4-12-7(2)15-10(6)16-9-3-8(11)13-5-14-9/h3-5H,1-2H3,(H3,11,12,13,14,15,16). The zero-order chi connectivity index (χ0) is 11.5. The van der Waals surface area contributed by atoms with E-state index in [4.69, 9.17) is 5.73 Å². The van der Waals surface area contributed by atoms with E-state index in [-0.39, 0.29) is 0 Å². The molecule has 16 heavy (non-hydrogen) atoms. The molecule has 0 aliphatic carbocycles. The van der Waals surface area contributed by atoms with Gasteiger partial charge in [0.2, 0.25) is 0 Å². The van der Waals surface area contributed by atoms with E-state index in [1.165, 1.54) is 6.33 Å². The molecule has 0 amide bonds. The molecule has 0 fully saturated rings. The first-order valence-electron chi connectivity index (χ1n) is 4.80. The minimum absolute atomic E-state index is 0.418. The number of aryl methyl sites for hydroxylation is 2. The van der Waals surface area contributed by atoms with Crippen molar-refractivity contribution >= 4 is 17.5 Å². The molecule has 0 radical (unpaired) electrons. The van der Waals surface area contributed by atoms with Crippen LogP contribution in [0.2, 0.25) is 0 Å². The SMILES string of the molecule is Cc1ncc(C)c(Nc2cc(N)ncn2)n1. The van der Waals surface area contributed by atoms with Crippen molar-refractivity contribution in [3.63, 3.8) is 0 Å². The van der Waals surface area contributed by atoms with E-state index in [0.717, 1.165) is 11.4 Å². The van der Waals surface area contributed by atoms with Crippen molar-refractivity contribution in [1.29, 1.82) is 0 Å². The van der Waals surface area contributed by atoms with Crippen LogP contribution in [-0.4, -0.2) is 19.9 Å². The molecule has 0 spiro atoms. The van der Waals surface area contributed by atoms with Gasteiger partial charge in [0, 0.05) is 17.8 Å². The van der Waals surface area contributed by atoms with Gasteiger partial charge in [0.25, 0.3) is 0 Å². The molecule has 2 heterocycles. The van der Waals surface area contributed by atoms with Crippen molar-refractivity contribution in [1.82, 2.24) is 19.9 Å². The van der Waals surface area contributed by atoms with Crippen LogP contribution in [0.25, 0.3) is 0 Å². The summed E-state index contributed by atoms with van der Waals surface area (Å²) in [7, 11) is 0. The van der Waals surface area contributed by atoms with Crippen LogP contribution < -0.4 is 11.1 Å². The monoisotopic (exact) mass is 216 g/mol. The third-order valence-corrected chi connectivity index (χ3v) is 2.03. The highest BCUT2D eigenvalue weighted by Crippen LogP contribution is 2.16. The molecule has 0 aliphatic heterocycles. The largest absolute Gasteiger partial charge is 0.384 e. The first-order valence-corrected chi connectivity index (χ1v) is 4.80. The smallest absolute Gasteiger partial charge is 0.138 e. The first-order chi connectivity index (χ1) is 7.65. The number of nitrogens with two attached hydrogens (primary N) is 1. The Balaban J connectivity index is 2.30. The van der Waals surface area contributed by atoms with Crippen LogP contribution in [0.4, 0.5) is 17.5 Å². The van der Waals surface area contributed by atoms with Gasteiger partial charge in [-0.25, -0.2) is 19.9 Å². The summed E-state index contributed by atoms with van der Waals surface area (Å²) in [6.45, 7) is 3.76. The van der Waals surface area contributed by atoms with E-state index >= 15 is 0 Å². The topological polar surface area (TPSA) is 89.6 Å². The summed E-state index contributed by atoms with van der Waals surface area (Å²) in [5, 5.41) is 3.07. The minimum atomic E-state index is 0.418. The molecule has 0 bridgehead atoms. The van der Waals surface area contributed by atoms with E-state index in [1.807, 2.05) is 13.8 Å². The van der Waals surface area contributed by atoms with E-state index in [9.17, 15) is 0 Å². The highest BCUT2D eigenvalue weighted by molar-refractivity contribution is 5.57. The average Bonchev–Trinajstić information content (AvgIpc) is 2.24. The highest BCUT2D eigenvalue weighted by atomic mass is 15.1. The molecule has 82 valence electrons. The van der Waals surface area contributed by atoms with Crippen molar-refractivity contribution in [2.24, 2.45) is 0 Å². The molecule has 0 aliphatic rings. The lowest BCUT2D eigenvalue weighted by Crippen LogP contribution is -2.02. The lowest BCUT2D eigenvalue weighted by Gasteiger charge is -2.07. The summed E-state index contributed by atoms with van der Waals surface area (Å²) in [6.07, 6.45) is 3.16. The first kappa shape index (κ1) is 10.3. The zero-order valence-electron chi connectivity index (χ0n) is 9.10. The average molecular weight is 216 g/mol. The summed E-state index contributed by atoms with van der Waals surface area (Å²) in [5.41, 5.74) is 6.50. The summed E-state index contributed by atoms with van der Waals surface area (Å²) in [5.74, 6) is 2.47. The lowest BCUT2D eigenvalue weighted by molar-refractivity contribution is 1.03. The number of nitrogen functional groups attached to an aromatic ring is 1. The fraction of sp³-hybridized carbons (Fsp3) is 0.200. The molecule has 0 atom stereocenters. The van der Waals surface area contributed by atoms with Gasteiger partial charge in [0.15, 0.2) is 0 Å². The maximum Gasteiger partial charge on any atom is 0.138 e. The van der Waals surface area contributed by atoms with Crippen LogP contribution in [0.1, 0.15) is 11.4 Å². The van der Waals surface area contributed by atoms with E-state index < -0.39 is 0 Å². The molecule has 3 N–H and O–H groups in total. The molecular formula is C10H12N6. The summed E-state index contributed by atoms with van der Waals surface area (Å²) >= 11 is 0. The van der Waals surface area contributed by atoms with E-state index in [1.54, 1.807) is 12.3 Å². The Labute approximate surface area is 93.0 Å². The van der Waals surface area contributed by atoms with Crippen molar-refractivity contribution in [3.8, 4) is 0 Å². The van der Waals surface area contributed by atoms with Gasteiger partial charge in [-0.15, -0.1) is 0 Å². The maximum atomic E-state index is 5.56. The maximum absolute atomic E-state index is 5.56. The predicted octanol–water partition coefficient (Wildman–Crippen LogP) is 1.21. The molecule has 6 nitrogen and oxygen atoms in total. The van der Waals surface area contributed by atoms with Crippen molar-refractivity contribution in [2.75, 3.05) is 11.1 Å². The summed E-state index contributed by atoms with van der Waals surface area (Å²) in [4.78, 5) is 16.2. The fourth-order valence-corrected chi connectivity index (χ4v) is 1.22. The van der Waals surface area contributed by atoms with Gasteiger partial charge in [-0.3, -0.25) is 0 Å². The second kappa shape index (κ2) is 4.09. The van der Waals surface area contributed by atoms with Gasteiger partial charge in [-0.1, -0.05) is 0 Å². The second-order valence-electron chi connectivity index (χ2n) is 3.40. The molecular weight excluding hydrogens is 204 g/mol. The van der Waals surface area contributed by atoms with Gasteiger partial charge < -0.3 is 11.1 Å². The van der Waals surface area contributed by atoms with Gasteiger partial charge in [0.1, 0.15) is 29.6 Å². The van der Waals surface area contributed by atoms with Crippen LogP contribution >= 0.6 is 0 Å². The second-order valence-corrected chi connectivity index (χ2v) is 3.40. The van der Waals surface area contributed by atoms with Crippen molar-refractivity contribution in [3.05, 3.63) is 30.0 Å². The number of rotatable bonds is 2. The molecule has 0 aromatic carbocycles. The lowest BCUT2D eigenvalue weighted by atomic mass is 10.3. The predicted molar refractivity (Wildman–Crippen MR) is 61.2 cm³/mol. The highest BCUT2D eigenvalue weighted by Gasteiger charge is 2.03. The molecule has 6 heteroatoms. The van der Waals surface area contributed by atoms with Gasteiger partial charge in [-0.2, -0.15) is 0 Å². The van der Waals surface area contributed by atoms with Crippen LogP contribution in [0, 0.1) is 13.8 Å². The number of anilines is 3. The molecule has 0 saturated heterocycles. The van der Waals surface area contributed by atoms with E-state index in [0.29, 0.717) is 17.5 Å². The Kier molecular flexibility index (Phi) is 2.63. The molecule has 2 aromatic heterocycles. The summed E-state index contributed by atoms with van der Waals surface area (Å²) < 4.78 is 0. The normalized spacial score (nSPS) is 10.1. The summed E-state index contributed by atoms with van der Waals surface area (Å²) in [6, 6.07) is 1.65. The van der Waals surface area contributed by atoms with E-state index in [2.05, 4.69) is 25.3 Å². The zero-order valence-corrected chi connectivity index (χ0v) is 9.10. The van der Waals surface area contributed by atoms with Gasteiger partial charge in [0.05, 0.1) is 0 Å². The Morgan fingerprint density at radius 2 is 2.00 bits per heavy atom. The molecule has 0 unspecified atom stereocenters. The van der Waals surface area contributed by atoms with Crippen LogP contribution in [0.15, 0.2) is 18.6 Å². The number of hydrogen-bond donors (Lipinski definition) is 2. The molecule has 0 saturated carbocycles. The number of nitrogens with zero attached hydrogens (tertiary/aromatic N) is 4. The Bertz CT molecular complexity index is 510. The minimum Gasteiger partial charge on any atom is -0.384 e. The number of hydrogen-bond acceptors (Lipinski definition) is 6. The van der Waals surface area contributed by atoms with Crippen LogP contribution in [0.5, 0.6) is 0 Å². The quantitative estimate of drug-likeness (QED) is 0.784. The van der Waals surface area contributed by atoms with Crippen LogP contribution in [-0.2, 0) is 0 Å². The van der Waals surface area contributed by atoms with Crippen molar-refractivity contribution < 1.29 is 0 Å². The number of nitrogens with one attached hydrogen (secondary N) is 1. The Hall–Kier alpha value is -2.24. The Morgan fingerprint density at radius 1 is 1.19 bits per heavy atom. The third-order valence-electron chi connectivity index (χ3n) is 2.03. The Morgan fingerprint density at radius 3 is 2.75 bits per heavy atom. The molecule has 2 aromatic rings. The van der Waals surface area contributed by atoms with Gasteiger partial charge in [-0.05, 0) is 13.8 Å². The van der Waals surface area contributed by atoms with Crippen molar-refractivity contribution in [2.45, 2.75) is 13.8 Å². The number of aromatic nitrogens is 4. The van der Waals surface area contributed by atoms with Gasteiger partial charge >= 0.3 is 0 Å². The molecule has 2 rings (SSSR count). The fourth-order valence-electron chi connectivity index (χ4n) is 1.22. The third kappa shape index (κ3) is 2.22. The van der Waals surface area contributed by atoms with Crippen LogP contribution in [0.3, 0.4) is 0 Å².